The first-order chi connectivity index (χ1) is 12.2. The molecule has 0 spiro atoms. The molecule has 5 nitrogen and oxygen atoms in total. The van der Waals surface area contributed by atoms with Crippen LogP contribution in [0.2, 0.25) is 5.02 Å². The summed E-state index contributed by atoms with van der Waals surface area (Å²) in [6.07, 6.45) is 2.48. The molecule has 0 saturated carbocycles. The number of halogens is 2. The number of rotatable bonds is 3. The smallest absolute Gasteiger partial charge is 0.247 e. The van der Waals surface area contributed by atoms with E-state index >= 15 is 0 Å². The van der Waals surface area contributed by atoms with Crippen molar-refractivity contribution >= 4 is 29.1 Å². The molecule has 1 aliphatic heterocycles. The molecule has 0 saturated heterocycles. The lowest BCUT2D eigenvalue weighted by molar-refractivity contribution is 0.628. The molecule has 0 radical (unpaired) electrons. The SMILES string of the molecule is Fc1ccc(Nc2cnnc(N3CCc4ccccc4C3)n2)cc1Cl. The van der Waals surface area contributed by atoms with E-state index in [9.17, 15) is 4.39 Å². The van der Waals surface area contributed by atoms with Crippen LogP contribution in [0, 0.1) is 5.82 Å². The molecule has 0 aliphatic carbocycles. The number of benzene rings is 2. The molecule has 0 amide bonds. The van der Waals surface area contributed by atoms with Gasteiger partial charge in [0, 0.05) is 18.8 Å². The summed E-state index contributed by atoms with van der Waals surface area (Å²) in [7, 11) is 0. The second kappa shape index (κ2) is 6.64. The molecule has 4 rings (SSSR count). The van der Waals surface area contributed by atoms with E-state index in [1.165, 1.54) is 29.5 Å². The normalized spacial score (nSPS) is 13.4. The highest BCUT2D eigenvalue weighted by Crippen LogP contribution is 2.24. The minimum Gasteiger partial charge on any atom is -0.339 e. The standard InChI is InChI=1S/C18H15ClFN5/c19-15-9-14(5-6-16(15)20)22-17-10-21-24-18(23-17)25-8-7-12-3-1-2-4-13(12)11-25/h1-6,9-10H,7-8,11H2,(H,22,23,24). The molecule has 2 heterocycles. The Hall–Kier alpha value is -2.73. The van der Waals surface area contributed by atoms with Crippen LogP contribution in [0.3, 0.4) is 0 Å². The van der Waals surface area contributed by atoms with E-state index in [1.54, 1.807) is 6.07 Å². The molecule has 25 heavy (non-hydrogen) atoms. The van der Waals surface area contributed by atoms with E-state index < -0.39 is 5.82 Å². The zero-order chi connectivity index (χ0) is 17.2. The van der Waals surface area contributed by atoms with Crippen LogP contribution in [0.1, 0.15) is 11.1 Å². The number of nitrogens with one attached hydrogen (secondary N) is 1. The molecule has 0 bridgehead atoms. The highest BCUT2D eigenvalue weighted by molar-refractivity contribution is 6.31. The van der Waals surface area contributed by atoms with Gasteiger partial charge >= 0.3 is 0 Å². The topological polar surface area (TPSA) is 53.9 Å². The van der Waals surface area contributed by atoms with E-state index in [0.717, 1.165) is 19.5 Å². The lowest BCUT2D eigenvalue weighted by Gasteiger charge is -2.28. The van der Waals surface area contributed by atoms with Crippen molar-refractivity contribution in [2.45, 2.75) is 13.0 Å². The molecule has 1 N–H and O–H groups in total. The Labute approximate surface area is 149 Å². The van der Waals surface area contributed by atoms with Crippen molar-refractivity contribution in [2.24, 2.45) is 0 Å². The average molecular weight is 356 g/mol. The third kappa shape index (κ3) is 3.39. The third-order valence-corrected chi connectivity index (χ3v) is 4.44. The van der Waals surface area contributed by atoms with Gasteiger partial charge in [-0.1, -0.05) is 35.9 Å². The summed E-state index contributed by atoms with van der Waals surface area (Å²) in [5.74, 6) is 0.639. The van der Waals surface area contributed by atoms with Gasteiger partial charge < -0.3 is 10.2 Å². The van der Waals surface area contributed by atoms with Gasteiger partial charge in [0.15, 0.2) is 5.82 Å². The quantitative estimate of drug-likeness (QED) is 0.770. The summed E-state index contributed by atoms with van der Waals surface area (Å²) in [5.41, 5.74) is 3.28. The number of fused-ring (bicyclic) bond motifs is 1. The summed E-state index contributed by atoms with van der Waals surface area (Å²) < 4.78 is 13.3. The molecule has 0 fully saturated rings. The van der Waals surface area contributed by atoms with Crippen LogP contribution in [0.25, 0.3) is 0 Å². The Morgan fingerprint density at radius 1 is 1.12 bits per heavy atom. The van der Waals surface area contributed by atoms with E-state index in [4.69, 9.17) is 11.6 Å². The number of nitrogens with zero attached hydrogens (tertiary/aromatic N) is 4. The van der Waals surface area contributed by atoms with Crippen LogP contribution in [0.15, 0.2) is 48.7 Å². The maximum Gasteiger partial charge on any atom is 0.247 e. The average Bonchev–Trinajstić information content (AvgIpc) is 2.65. The van der Waals surface area contributed by atoms with Gasteiger partial charge in [-0.05, 0) is 35.7 Å². The minimum absolute atomic E-state index is 0.0554. The van der Waals surface area contributed by atoms with Gasteiger partial charge in [0.05, 0.1) is 11.2 Å². The fraction of sp³-hybridized carbons (Fsp3) is 0.167. The van der Waals surface area contributed by atoms with Gasteiger partial charge in [0.1, 0.15) is 5.82 Å². The summed E-state index contributed by atoms with van der Waals surface area (Å²) in [6.45, 7) is 1.59. The third-order valence-electron chi connectivity index (χ3n) is 4.15. The van der Waals surface area contributed by atoms with E-state index in [-0.39, 0.29) is 5.02 Å². The molecule has 126 valence electrons. The predicted molar refractivity (Wildman–Crippen MR) is 95.7 cm³/mol. The second-order valence-electron chi connectivity index (χ2n) is 5.84. The lowest BCUT2D eigenvalue weighted by Crippen LogP contribution is -2.32. The Morgan fingerprint density at radius 3 is 2.80 bits per heavy atom. The number of anilines is 3. The molecule has 1 aliphatic rings. The Balaban J connectivity index is 1.55. The molecule has 2 aromatic carbocycles. The molecular formula is C18H15ClFN5. The van der Waals surface area contributed by atoms with Gasteiger partial charge in [-0.25, -0.2) is 4.39 Å². The summed E-state index contributed by atoms with van der Waals surface area (Å²) in [4.78, 5) is 6.62. The van der Waals surface area contributed by atoms with Crippen molar-refractivity contribution in [1.29, 1.82) is 0 Å². The second-order valence-corrected chi connectivity index (χ2v) is 6.24. The zero-order valence-corrected chi connectivity index (χ0v) is 14.0. The minimum atomic E-state index is -0.458. The van der Waals surface area contributed by atoms with Gasteiger partial charge in [-0.3, -0.25) is 0 Å². The summed E-state index contributed by atoms with van der Waals surface area (Å²) in [6, 6.07) is 12.8. The van der Waals surface area contributed by atoms with Crippen molar-refractivity contribution in [3.05, 3.63) is 70.6 Å². The van der Waals surface area contributed by atoms with Crippen molar-refractivity contribution in [3.63, 3.8) is 0 Å². The van der Waals surface area contributed by atoms with Crippen LogP contribution >= 0.6 is 11.6 Å². The summed E-state index contributed by atoms with van der Waals surface area (Å²) in [5, 5.41) is 11.3. The van der Waals surface area contributed by atoms with Crippen molar-refractivity contribution in [1.82, 2.24) is 15.2 Å². The highest BCUT2D eigenvalue weighted by Gasteiger charge is 2.18. The number of hydrogen-bond acceptors (Lipinski definition) is 5. The Kier molecular flexibility index (Phi) is 4.19. The van der Waals surface area contributed by atoms with Gasteiger partial charge in [0.2, 0.25) is 5.95 Å². The van der Waals surface area contributed by atoms with Crippen molar-refractivity contribution in [3.8, 4) is 0 Å². The monoisotopic (exact) mass is 355 g/mol. The molecule has 7 heteroatoms. The lowest BCUT2D eigenvalue weighted by atomic mass is 10.0. The van der Waals surface area contributed by atoms with Crippen molar-refractivity contribution in [2.75, 3.05) is 16.8 Å². The first-order valence-corrected chi connectivity index (χ1v) is 8.30. The molecule has 3 aromatic rings. The highest BCUT2D eigenvalue weighted by atomic mass is 35.5. The zero-order valence-electron chi connectivity index (χ0n) is 13.3. The number of aromatic nitrogens is 3. The largest absolute Gasteiger partial charge is 0.339 e. The van der Waals surface area contributed by atoms with Gasteiger partial charge in [-0.2, -0.15) is 10.1 Å². The predicted octanol–water partition coefficient (Wildman–Crippen LogP) is 3.97. The van der Waals surface area contributed by atoms with E-state index in [1.807, 2.05) is 6.07 Å². The maximum atomic E-state index is 13.3. The van der Waals surface area contributed by atoms with Crippen LogP contribution in [0.4, 0.5) is 21.8 Å². The van der Waals surface area contributed by atoms with Gasteiger partial charge in [0.25, 0.3) is 0 Å². The maximum absolute atomic E-state index is 13.3. The fourth-order valence-corrected chi connectivity index (χ4v) is 3.06. The molecule has 1 aromatic heterocycles. The fourth-order valence-electron chi connectivity index (χ4n) is 2.88. The van der Waals surface area contributed by atoms with Crippen LogP contribution < -0.4 is 10.2 Å². The van der Waals surface area contributed by atoms with Gasteiger partial charge in [-0.15, -0.1) is 5.10 Å². The summed E-state index contributed by atoms with van der Waals surface area (Å²) >= 11 is 5.81. The van der Waals surface area contributed by atoms with E-state index in [2.05, 4.69) is 43.6 Å². The first kappa shape index (κ1) is 15.8. The Bertz CT molecular complexity index is 917. The van der Waals surface area contributed by atoms with Crippen LogP contribution in [-0.4, -0.2) is 21.7 Å². The van der Waals surface area contributed by atoms with Crippen LogP contribution in [-0.2, 0) is 13.0 Å². The van der Waals surface area contributed by atoms with E-state index in [0.29, 0.717) is 17.5 Å². The first-order valence-electron chi connectivity index (χ1n) is 7.92. The molecular weight excluding hydrogens is 341 g/mol. The number of hydrogen-bond donors (Lipinski definition) is 1. The van der Waals surface area contributed by atoms with Crippen molar-refractivity contribution < 1.29 is 4.39 Å². The van der Waals surface area contributed by atoms with Crippen LogP contribution in [0.5, 0.6) is 0 Å². The molecule has 0 unspecified atom stereocenters. The Morgan fingerprint density at radius 2 is 1.96 bits per heavy atom. The molecule has 0 atom stereocenters.